The molecule has 0 radical (unpaired) electrons. The summed E-state index contributed by atoms with van der Waals surface area (Å²) in [5, 5.41) is 22.0. The summed E-state index contributed by atoms with van der Waals surface area (Å²) in [5.74, 6) is -4.44. The average molecular weight is 636 g/mol. The van der Waals surface area contributed by atoms with Crippen LogP contribution < -0.4 is 0 Å². The number of benzene rings is 1. The van der Waals surface area contributed by atoms with Crippen molar-refractivity contribution in [1.82, 2.24) is 25.1 Å². The Morgan fingerprint density at radius 1 is 1.16 bits per heavy atom. The first-order chi connectivity index (χ1) is 21.4. The van der Waals surface area contributed by atoms with Gasteiger partial charge in [-0.05, 0) is 52.7 Å². The Labute approximate surface area is 257 Å². The fourth-order valence-corrected chi connectivity index (χ4v) is 6.31. The van der Waals surface area contributed by atoms with E-state index < -0.39 is 59.8 Å². The van der Waals surface area contributed by atoms with Crippen LogP contribution in [-0.2, 0) is 25.4 Å². The summed E-state index contributed by atoms with van der Waals surface area (Å²) in [6.45, 7) is 8.43. The summed E-state index contributed by atoms with van der Waals surface area (Å²) in [7, 11) is 0. The maximum atomic E-state index is 14.0. The summed E-state index contributed by atoms with van der Waals surface area (Å²) in [4.78, 5) is 12.7. The van der Waals surface area contributed by atoms with Crippen molar-refractivity contribution < 1.29 is 46.5 Å². The van der Waals surface area contributed by atoms with Gasteiger partial charge in [-0.2, -0.15) is 0 Å². The average Bonchev–Trinajstić information content (AvgIpc) is 3.66. The molecule has 6 rings (SSSR count). The van der Waals surface area contributed by atoms with Crippen molar-refractivity contribution >= 4 is 6.09 Å². The van der Waals surface area contributed by atoms with Crippen molar-refractivity contribution in [3.63, 3.8) is 0 Å². The monoisotopic (exact) mass is 635 g/mol. The van der Waals surface area contributed by atoms with E-state index in [9.17, 15) is 23.1 Å². The van der Waals surface area contributed by atoms with E-state index in [0.29, 0.717) is 43.8 Å². The highest BCUT2D eigenvalue weighted by Crippen LogP contribution is 2.41. The van der Waals surface area contributed by atoms with Crippen LogP contribution in [0.4, 0.5) is 18.0 Å². The first-order valence-corrected chi connectivity index (χ1v) is 15.0. The normalized spacial score (nSPS) is 27.1. The fourth-order valence-electron chi connectivity index (χ4n) is 6.31. The van der Waals surface area contributed by atoms with E-state index in [0.717, 1.165) is 12.1 Å². The van der Waals surface area contributed by atoms with Crippen LogP contribution in [0.25, 0.3) is 11.3 Å². The Bertz CT molecular complexity index is 1500. The molecule has 12 nitrogen and oxygen atoms in total. The Kier molecular flexibility index (Phi) is 8.63. The molecule has 3 aliphatic heterocycles. The van der Waals surface area contributed by atoms with Gasteiger partial charge in [0.15, 0.2) is 23.2 Å². The van der Waals surface area contributed by atoms with E-state index >= 15 is 0 Å². The van der Waals surface area contributed by atoms with Gasteiger partial charge < -0.3 is 33.5 Å². The fraction of sp³-hybridized carbons (Fsp3) is 0.600. The van der Waals surface area contributed by atoms with Gasteiger partial charge in [0, 0.05) is 37.1 Å². The quantitative estimate of drug-likeness (QED) is 0.364. The van der Waals surface area contributed by atoms with E-state index in [1.807, 2.05) is 19.9 Å². The second-order valence-electron chi connectivity index (χ2n) is 12.5. The van der Waals surface area contributed by atoms with Gasteiger partial charge >= 0.3 is 6.09 Å². The molecule has 0 bridgehead atoms. The molecule has 5 atom stereocenters. The zero-order valence-corrected chi connectivity index (χ0v) is 25.4. The standard InChI is InChI=1S/C30H36F3N5O7/c1-15(2)42-27-23(12-18-11-22(45-35-18)16-5-7-37(8-6-16)29(39)40)43-24-14-41-30(3,4)44-28(24)26(27)38-13-21(34-36-38)17-9-19(31)25(33)20(32)10-17/h9-11,13,15-16,23-24,26-28H,5-8,12,14H2,1-4H3,(H,39,40)/t23-,24-,26-,27+,28+/m1/s1. The predicted molar refractivity (Wildman–Crippen MR) is 150 cm³/mol. The third-order valence-electron chi connectivity index (χ3n) is 8.45. The number of piperidine rings is 1. The van der Waals surface area contributed by atoms with Crippen molar-refractivity contribution in [2.45, 2.75) is 95.2 Å². The van der Waals surface area contributed by atoms with Crippen molar-refractivity contribution in [1.29, 1.82) is 0 Å². The van der Waals surface area contributed by atoms with E-state index in [4.69, 9.17) is 23.5 Å². The van der Waals surface area contributed by atoms with Crippen LogP contribution in [0.3, 0.4) is 0 Å². The topological polar surface area (TPSA) is 134 Å². The molecule has 2 aromatic heterocycles. The molecule has 0 spiro atoms. The Balaban J connectivity index is 1.30. The van der Waals surface area contributed by atoms with E-state index in [1.165, 1.54) is 11.1 Å². The third kappa shape index (κ3) is 6.57. The molecule has 0 aliphatic carbocycles. The van der Waals surface area contributed by atoms with E-state index in [2.05, 4.69) is 15.5 Å². The molecule has 1 N–H and O–H groups in total. The lowest BCUT2D eigenvalue weighted by atomic mass is 9.88. The number of nitrogens with zero attached hydrogens (tertiary/aromatic N) is 5. The summed E-state index contributed by atoms with van der Waals surface area (Å²) < 4.78 is 74.3. The van der Waals surface area contributed by atoms with Gasteiger partial charge in [0.25, 0.3) is 0 Å². The lowest BCUT2D eigenvalue weighted by molar-refractivity contribution is -0.352. The molecule has 5 heterocycles. The lowest BCUT2D eigenvalue weighted by Crippen LogP contribution is -2.63. The Morgan fingerprint density at radius 3 is 2.53 bits per heavy atom. The van der Waals surface area contributed by atoms with Crippen LogP contribution in [0.5, 0.6) is 0 Å². The summed E-state index contributed by atoms with van der Waals surface area (Å²) >= 11 is 0. The van der Waals surface area contributed by atoms with Crippen LogP contribution >= 0.6 is 0 Å². The minimum atomic E-state index is -1.56. The highest BCUT2D eigenvalue weighted by molar-refractivity contribution is 5.65. The Hall–Kier alpha value is -3.53. The third-order valence-corrected chi connectivity index (χ3v) is 8.45. The van der Waals surface area contributed by atoms with Gasteiger partial charge in [0.05, 0.1) is 30.7 Å². The van der Waals surface area contributed by atoms with Crippen LogP contribution in [0.15, 0.2) is 28.9 Å². The van der Waals surface area contributed by atoms with Crippen molar-refractivity contribution in [3.8, 4) is 11.3 Å². The van der Waals surface area contributed by atoms with Crippen LogP contribution in [0, 0.1) is 17.5 Å². The highest BCUT2D eigenvalue weighted by Gasteiger charge is 2.53. The number of ether oxygens (including phenoxy) is 4. The van der Waals surface area contributed by atoms with Crippen molar-refractivity contribution in [2.24, 2.45) is 0 Å². The van der Waals surface area contributed by atoms with Crippen LogP contribution in [0.2, 0.25) is 0 Å². The van der Waals surface area contributed by atoms with Crippen LogP contribution in [-0.4, -0.2) is 92.3 Å². The number of hydrogen-bond donors (Lipinski definition) is 1. The number of aromatic nitrogens is 4. The molecular formula is C30H36F3N5O7. The zero-order chi connectivity index (χ0) is 32.0. The summed E-state index contributed by atoms with van der Waals surface area (Å²) in [5.41, 5.74) is 0.800. The maximum Gasteiger partial charge on any atom is 0.407 e. The maximum absolute atomic E-state index is 14.0. The summed E-state index contributed by atoms with van der Waals surface area (Å²) in [6.07, 6.45) is -0.395. The van der Waals surface area contributed by atoms with Gasteiger partial charge in [-0.15, -0.1) is 5.10 Å². The van der Waals surface area contributed by atoms with Crippen molar-refractivity contribution in [3.05, 3.63) is 53.3 Å². The summed E-state index contributed by atoms with van der Waals surface area (Å²) in [6, 6.07) is 3.00. The number of fused-ring (bicyclic) bond motifs is 1. The number of likely N-dealkylation sites (tertiary alicyclic amines) is 1. The van der Waals surface area contributed by atoms with E-state index in [-0.39, 0.29) is 29.9 Å². The minimum Gasteiger partial charge on any atom is -0.465 e. The number of hydrogen-bond acceptors (Lipinski definition) is 9. The molecular weight excluding hydrogens is 599 g/mol. The molecule has 3 aliphatic rings. The number of rotatable bonds is 7. The van der Waals surface area contributed by atoms with Gasteiger partial charge in [0.1, 0.15) is 35.8 Å². The molecule has 1 aromatic carbocycles. The molecule has 3 saturated heterocycles. The van der Waals surface area contributed by atoms with Gasteiger partial charge in [-0.1, -0.05) is 10.4 Å². The van der Waals surface area contributed by atoms with Gasteiger partial charge in [-0.3, -0.25) is 0 Å². The smallest absolute Gasteiger partial charge is 0.407 e. The highest BCUT2D eigenvalue weighted by atomic mass is 19.2. The largest absolute Gasteiger partial charge is 0.465 e. The van der Waals surface area contributed by atoms with Gasteiger partial charge in [-0.25, -0.2) is 22.6 Å². The molecule has 1 amide bonds. The second-order valence-corrected chi connectivity index (χ2v) is 12.5. The number of halogens is 3. The molecule has 3 fully saturated rings. The molecule has 45 heavy (non-hydrogen) atoms. The molecule has 0 unspecified atom stereocenters. The second kappa shape index (κ2) is 12.3. The number of amides is 1. The predicted octanol–water partition coefficient (Wildman–Crippen LogP) is 4.70. The zero-order valence-electron chi connectivity index (χ0n) is 25.4. The molecule has 0 saturated carbocycles. The van der Waals surface area contributed by atoms with Crippen LogP contribution in [0.1, 0.15) is 64.0 Å². The minimum absolute atomic E-state index is 0.0247. The van der Waals surface area contributed by atoms with Crippen molar-refractivity contribution in [2.75, 3.05) is 19.7 Å². The first-order valence-electron chi connectivity index (χ1n) is 15.0. The molecule has 244 valence electrons. The molecule has 3 aromatic rings. The SMILES string of the molecule is CC(C)O[C@@H]1[C@@H](n2cc(-c3cc(F)c(F)c(F)c3)nn2)[C@H]2OC(C)(C)OC[C@H]2O[C@@H]1Cc1cc(C2CCN(C(=O)O)CC2)on1. The Morgan fingerprint density at radius 2 is 1.87 bits per heavy atom. The van der Waals surface area contributed by atoms with E-state index in [1.54, 1.807) is 18.5 Å². The number of carboxylic acid groups (broad SMARTS) is 1. The lowest BCUT2D eigenvalue weighted by Gasteiger charge is -2.51. The molecule has 15 heteroatoms. The first kappa shape index (κ1) is 31.5. The number of carbonyl (C=O) groups is 1. The van der Waals surface area contributed by atoms with Gasteiger partial charge in [0.2, 0.25) is 0 Å².